The van der Waals surface area contributed by atoms with E-state index < -0.39 is 10.0 Å². The lowest BCUT2D eigenvalue weighted by Gasteiger charge is -2.26. The number of rotatable bonds is 5. The maximum absolute atomic E-state index is 12.2. The number of sulfonamides is 1. The number of ether oxygens (including phenoxy) is 1. The van der Waals surface area contributed by atoms with Crippen LogP contribution in [0.2, 0.25) is 0 Å². The van der Waals surface area contributed by atoms with Crippen LogP contribution in [-0.4, -0.2) is 57.9 Å². The summed E-state index contributed by atoms with van der Waals surface area (Å²) in [6.07, 6.45) is 0.898. The molecule has 0 spiro atoms. The molecule has 2 rings (SSSR count). The molecule has 17 heavy (non-hydrogen) atoms. The molecule has 1 N–H and O–H groups in total. The molecule has 5 nitrogen and oxygen atoms in total. The van der Waals surface area contributed by atoms with Gasteiger partial charge in [-0.05, 0) is 31.3 Å². The Labute approximate surface area is 104 Å². The maximum atomic E-state index is 12.2. The minimum atomic E-state index is -3.14. The average Bonchev–Trinajstić information content (AvgIpc) is 2.85. The Hall–Kier alpha value is -0.170. The smallest absolute Gasteiger partial charge is 0.216 e. The van der Waals surface area contributed by atoms with Gasteiger partial charge in [0.15, 0.2) is 0 Å². The third-order valence-corrected chi connectivity index (χ3v) is 5.81. The van der Waals surface area contributed by atoms with Crippen LogP contribution in [0.15, 0.2) is 0 Å². The largest absolute Gasteiger partial charge is 0.384 e. The van der Waals surface area contributed by atoms with Gasteiger partial charge in [0.1, 0.15) is 0 Å². The number of nitrogens with zero attached hydrogens (tertiary/aromatic N) is 1. The van der Waals surface area contributed by atoms with Gasteiger partial charge in [-0.2, -0.15) is 4.31 Å². The van der Waals surface area contributed by atoms with Crippen molar-refractivity contribution in [3.05, 3.63) is 0 Å². The second kappa shape index (κ2) is 5.22. The fourth-order valence-electron chi connectivity index (χ4n) is 3.12. The topological polar surface area (TPSA) is 58.6 Å². The summed E-state index contributed by atoms with van der Waals surface area (Å²) in [6, 6.07) is 0.178. The van der Waals surface area contributed by atoms with Gasteiger partial charge in [0.25, 0.3) is 0 Å². The molecule has 6 heteroatoms. The summed E-state index contributed by atoms with van der Waals surface area (Å²) in [4.78, 5) is 0. The molecule has 0 aliphatic carbocycles. The predicted octanol–water partition coefficient (Wildman–Crippen LogP) is -0.108. The lowest BCUT2D eigenvalue weighted by Crippen LogP contribution is -2.41. The minimum absolute atomic E-state index is 0.104. The van der Waals surface area contributed by atoms with E-state index in [0.717, 1.165) is 19.5 Å². The zero-order chi connectivity index (χ0) is 12.5. The number of hydrogen-bond acceptors (Lipinski definition) is 4. The highest BCUT2D eigenvalue weighted by atomic mass is 32.2. The van der Waals surface area contributed by atoms with Gasteiger partial charge in [-0.15, -0.1) is 0 Å². The number of nitrogens with one attached hydrogen (secondary N) is 1. The zero-order valence-electron chi connectivity index (χ0n) is 10.6. The molecular formula is C11H22N2O3S. The van der Waals surface area contributed by atoms with E-state index in [0.29, 0.717) is 18.4 Å². The van der Waals surface area contributed by atoms with E-state index in [4.69, 9.17) is 4.74 Å². The van der Waals surface area contributed by atoms with Crippen LogP contribution in [0.4, 0.5) is 0 Å². The summed E-state index contributed by atoms with van der Waals surface area (Å²) in [5.41, 5.74) is 0. The van der Waals surface area contributed by atoms with Crippen LogP contribution in [0.5, 0.6) is 0 Å². The van der Waals surface area contributed by atoms with Crippen LogP contribution in [-0.2, 0) is 14.8 Å². The van der Waals surface area contributed by atoms with E-state index in [9.17, 15) is 8.42 Å². The molecule has 0 amide bonds. The highest BCUT2D eigenvalue weighted by Crippen LogP contribution is 2.35. The van der Waals surface area contributed by atoms with Crippen molar-refractivity contribution in [2.75, 3.05) is 39.1 Å². The van der Waals surface area contributed by atoms with Crippen LogP contribution in [0.1, 0.15) is 13.3 Å². The molecule has 2 heterocycles. The van der Waals surface area contributed by atoms with Crippen LogP contribution < -0.4 is 5.32 Å². The molecule has 2 aliphatic rings. The fraction of sp³-hybridized carbons (Fsp3) is 1.00. The average molecular weight is 262 g/mol. The highest BCUT2D eigenvalue weighted by molar-refractivity contribution is 7.89. The molecule has 2 fully saturated rings. The molecule has 0 radical (unpaired) electrons. The first-order chi connectivity index (χ1) is 8.10. The van der Waals surface area contributed by atoms with Crippen LogP contribution in [0, 0.1) is 11.8 Å². The van der Waals surface area contributed by atoms with E-state index in [1.807, 2.05) is 0 Å². The maximum Gasteiger partial charge on any atom is 0.216 e. The van der Waals surface area contributed by atoms with Crippen LogP contribution in [0.3, 0.4) is 0 Å². The molecule has 2 aliphatic heterocycles. The lowest BCUT2D eigenvalue weighted by molar-refractivity contribution is 0.214. The van der Waals surface area contributed by atoms with Crippen molar-refractivity contribution < 1.29 is 13.2 Å². The van der Waals surface area contributed by atoms with Gasteiger partial charge < -0.3 is 10.1 Å². The predicted molar refractivity (Wildman–Crippen MR) is 66.3 cm³/mol. The zero-order valence-corrected chi connectivity index (χ0v) is 11.4. The standard InChI is InChI=1S/C11H22N2O3S/c1-3-11-10-7-12-6-9(10)8-13(11)17(14,15)5-4-16-2/h9-12H,3-8H2,1-2H3. The monoisotopic (exact) mass is 262 g/mol. The molecule has 100 valence electrons. The molecular weight excluding hydrogens is 240 g/mol. The van der Waals surface area contributed by atoms with Crippen molar-refractivity contribution in [1.82, 2.24) is 9.62 Å². The quantitative estimate of drug-likeness (QED) is 0.751. The Morgan fingerprint density at radius 1 is 1.41 bits per heavy atom. The van der Waals surface area contributed by atoms with Crippen molar-refractivity contribution in [3.8, 4) is 0 Å². The van der Waals surface area contributed by atoms with E-state index in [1.54, 1.807) is 4.31 Å². The van der Waals surface area contributed by atoms with Crippen LogP contribution >= 0.6 is 0 Å². The number of fused-ring (bicyclic) bond motifs is 1. The van der Waals surface area contributed by atoms with Gasteiger partial charge in [-0.25, -0.2) is 8.42 Å². The van der Waals surface area contributed by atoms with Crippen molar-refractivity contribution in [1.29, 1.82) is 0 Å². The molecule has 0 aromatic rings. The second-order valence-corrected chi connectivity index (χ2v) is 6.98. The van der Waals surface area contributed by atoms with Gasteiger partial charge >= 0.3 is 0 Å². The molecule has 0 aromatic carbocycles. The Bertz CT molecular complexity index is 358. The Morgan fingerprint density at radius 2 is 2.18 bits per heavy atom. The van der Waals surface area contributed by atoms with E-state index >= 15 is 0 Å². The van der Waals surface area contributed by atoms with Crippen molar-refractivity contribution in [2.45, 2.75) is 19.4 Å². The Morgan fingerprint density at radius 3 is 2.82 bits per heavy atom. The Kier molecular flexibility index (Phi) is 4.07. The molecule has 0 saturated carbocycles. The molecule has 2 saturated heterocycles. The lowest BCUT2D eigenvalue weighted by atomic mass is 9.93. The molecule has 3 atom stereocenters. The number of methoxy groups -OCH3 is 1. The SMILES string of the molecule is CCC1C2CNCC2CN1S(=O)(=O)CCOC. The van der Waals surface area contributed by atoms with Crippen LogP contribution in [0.25, 0.3) is 0 Å². The van der Waals surface area contributed by atoms with E-state index in [2.05, 4.69) is 12.2 Å². The summed E-state index contributed by atoms with van der Waals surface area (Å²) < 4.78 is 31.0. The fourth-order valence-corrected chi connectivity index (χ4v) is 4.86. The summed E-state index contributed by atoms with van der Waals surface area (Å²) in [5, 5.41) is 3.36. The van der Waals surface area contributed by atoms with Gasteiger partial charge in [-0.1, -0.05) is 6.92 Å². The Balaban J connectivity index is 2.10. The van der Waals surface area contributed by atoms with Gasteiger partial charge in [-0.3, -0.25) is 0 Å². The summed E-state index contributed by atoms with van der Waals surface area (Å²) in [7, 11) is -1.61. The van der Waals surface area contributed by atoms with Crippen molar-refractivity contribution in [3.63, 3.8) is 0 Å². The van der Waals surface area contributed by atoms with Crippen molar-refractivity contribution >= 4 is 10.0 Å². The molecule has 3 unspecified atom stereocenters. The van der Waals surface area contributed by atoms with Crippen molar-refractivity contribution in [2.24, 2.45) is 11.8 Å². The van der Waals surface area contributed by atoms with Gasteiger partial charge in [0.05, 0.1) is 12.4 Å². The number of hydrogen-bond donors (Lipinski definition) is 1. The summed E-state index contributed by atoms with van der Waals surface area (Å²) >= 11 is 0. The highest BCUT2D eigenvalue weighted by Gasteiger charge is 2.47. The van der Waals surface area contributed by atoms with E-state index in [1.165, 1.54) is 7.11 Å². The van der Waals surface area contributed by atoms with E-state index in [-0.39, 0.29) is 18.4 Å². The second-order valence-electron chi connectivity index (χ2n) is 4.94. The van der Waals surface area contributed by atoms with Gasteiger partial charge in [0, 0.05) is 19.7 Å². The first-order valence-corrected chi connectivity index (χ1v) is 7.90. The summed E-state index contributed by atoms with van der Waals surface area (Å²) in [6.45, 7) is 4.95. The third-order valence-electron chi connectivity index (χ3n) is 3.99. The summed E-state index contributed by atoms with van der Waals surface area (Å²) in [5.74, 6) is 1.10. The first-order valence-electron chi connectivity index (χ1n) is 6.29. The van der Waals surface area contributed by atoms with Gasteiger partial charge in [0.2, 0.25) is 10.0 Å². The first kappa shape index (κ1) is 13.3. The molecule has 0 aromatic heterocycles. The minimum Gasteiger partial charge on any atom is -0.384 e. The third kappa shape index (κ3) is 2.50. The molecule has 0 bridgehead atoms. The normalized spacial score (nSPS) is 34.1.